The van der Waals surface area contributed by atoms with Gasteiger partial charge < -0.3 is 5.11 Å². The predicted octanol–water partition coefficient (Wildman–Crippen LogP) is 3.26. The van der Waals surface area contributed by atoms with Crippen LogP contribution in [0.2, 0.25) is 0 Å². The van der Waals surface area contributed by atoms with Crippen LogP contribution in [0.25, 0.3) is 0 Å². The number of carbonyl (C=O) groups excluding carboxylic acids is 1. The van der Waals surface area contributed by atoms with Crippen molar-refractivity contribution >= 4 is 5.78 Å². The van der Waals surface area contributed by atoms with Crippen LogP contribution in [0, 0.1) is 5.41 Å². The highest BCUT2D eigenvalue weighted by molar-refractivity contribution is 5.89. The van der Waals surface area contributed by atoms with Gasteiger partial charge in [-0.05, 0) is 18.4 Å². The van der Waals surface area contributed by atoms with Crippen LogP contribution in [0.1, 0.15) is 50.7 Å². The molecule has 1 unspecified atom stereocenters. The van der Waals surface area contributed by atoms with Crippen molar-refractivity contribution in [3.05, 3.63) is 35.9 Å². The third-order valence-electron chi connectivity index (χ3n) is 3.92. The summed E-state index contributed by atoms with van der Waals surface area (Å²) in [6.45, 7) is 2.00. The maximum atomic E-state index is 12.4. The second-order valence-electron chi connectivity index (χ2n) is 5.30. The van der Waals surface area contributed by atoms with E-state index in [0.717, 1.165) is 25.7 Å². The predicted molar refractivity (Wildman–Crippen MR) is 67.6 cm³/mol. The molecule has 2 heteroatoms. The van der Waals surface area contributed by atoms with E-state index in [1.54, 1.807) is 0 Å². The summed E-state index contributed by atoms with van der Waals surface area (Å²) in [6, 6.07) is 9.23. The Bertz CT molecular complexity index is 377. The van der Waals surface area contributed by atoms with Gasteiger partial charge in [0, 0.05) is 5.41 Å². The summed E-state index contributed by atoms with van der Waals surface area (Å²) in [5, 5.41) is 10.2. The molecule has 1 fully saturated rings. The second-order valence-corrected chi connectivity index (χ2v) is 5.30. The van der Waals surface area contributed by atoms with Gasteiger partial charge in [0.25, 0.3) is 0 Å². The summed E-state index contributed by atoms with van der Waals surface area (Å²) in [6.07, 6.45) is 4.28. The number of ketones is 1. The van der Waals surface area contributed by atoms with Crippen LogP contribution in [0.3, 0.4) is 0 Å². The number of Topliss-reactive ketones (excluding diaryl/α,β-unsaturated/α-hetero) is 1. The van der Waals surface area contributed by atoms with E-state index in [4.69, 9.17) is 0 Å². The van der Waals surface area contributed by atoms with Crippen LogP contribution in [-0.4, -0.2) is 10.9 Å². The topological polar surface area (TPSA) is 37.3 Å². The molecule has 1 aliphatic carbocycles. The van der Waals surface area contributed by atoms with Gasteiger partial charge in [-0.1, -0.05) is 56.5 Å². The van der Waals surface area contributed by atoms with Crippen molar-refractivity contribution < 1.29 is 9.90 Å². The molecule has 0 aliphatic heterocycles. The molecular formula is C15H20O2. The van der Waals surface area contributed by atoms with E-state index in [2.05, 4.69) is 0 Å². The molecule has 0 amide bonds. The Morgan fingerprint density at radius 1 is 1.18 bits per heavy atom. The molecule has 0 bridgehead atoms. The molecule has 0 spiro atoms. The van der Waals surface area contributed by atoms with E-state index in [-0.39, 0.29) is 11.2 Å². The number of aliphatic hydroxyl groups is 1. The lowest BCUT2D eigenvalue weighted by atomic mass is 9.70. The molecular weight excluding hydrogens is 212 g/mol. The number of hydrogen-bond donors (Lipinski definition) is 1. The van der Waals surface area contributed by atoms with Crippen LogP contribution in [0.4, 0.5) is 0 Å². The molecule has 0 heterocycles. The van der Waals surface area contributed by atoms with Crippen molar-refractivity contribution in [1.82, 2.24) is 0 Å². The molecule has 92 valence electrons. The van der Waals surface area contributed by atoms with Crippen LogP contribution in [-0.2, 0) is 4.79 Å². The second kappa shape index (κ2) is 5.01. The first kappa shape index (κ1) is 12.3. The fraction of sp³-hybridized carbons (Fsp3) is 0.533. The van der Waals surface area contributed by atoms with Gasteiger partial charge in [0.15, 0.2) is 5.78 Å². The molecule has 2 rings (SSSR count). The molecule has 1 saturated carbocycles. The van der Waals surface area contributed by atoms with Gasteiger partial charge in [0.05, 0.1) is 0 Å². The lowest BCUT2D eigenvalue weighted by Gasteiger charge is -2.33. The SMILES string of the molecule is CC1(C(=O)C(O)c2ccccc2)CCCCC1. The highest BCUT2D eigenvalue weighted by atomic mass is 16.3. The number of carbonyl (C=O) groups is 1. The van der Waals surface area contributed by atoms with E-state index in [0.29, 0.717) is 5.56 Å². The molecule has 1 N–H and O–H groups in total. The molecule has 1 aromatic carbocycles. The van der Waals surface area contributed by atoms with Gasteiger partial charge in [-0.2, -0.15) is 0 Å². The highest BCUT2D eigenvalue weighted by Gasteiger charge is 2.38. The largest absolute Gasteiger partial charge is 0.381 e. The number of hydrogen-bond acceptors (Lipinski definition) is 2. The molecule has 1 atom stereocenters. The summed E-state index contributed by atoms with van der Waals surface area (Å²) < 4.78 is 0. The number of rotatable bonds is 3. The quantitative estimate of drug-likeness (QED) is 0.868. The Labute approximate surface area is 103 Å². The fourth-order valence-electron chi connectivity index (χ4n) is 2.70. The van der Waals surface area contributed by atoms with Gasteiger partial charge in [-0.3, -0.25) is 4.79 Å². The van der Waals surface area contributed by atoms with Gasteiger partial charge >= 0.3 is 0 Å². The molecule has 0 radical (unpaired) electrons. The highest BCUT2D eigenvalue weighted by Crippen LogP contribution is 2.39. The minimum absolute atomic E-state index is 0.0107. The van der Waals surface area contributed by atoms with E-state index >= 15 is 0 Å². The van der Waals surface area contributed by atoms with Crippen molar-refractivity contribution in [2.75, 3.05) is 0 Å². The summed E-state index contributed by atoms with van der Waals surface area (Å²) in [5.74, 6) is -0.0107. The Kier molecular flexibility index (Phi) is 3.63. The van der Waals surface area contributed by atoms with E-state index in [1.165, 1.54) is 6.42 Å². The lowest BCUT2D eigenvalue weighted by molar-refractivity contribution is -0.138. The first-order chi connectivity index (χ1) is 8.13. The Hall–Kier alpha value is -1.15. The minimum atomic E-state index is -0.959. The number of aliphatic hydroxyl groups excluding tert-OH is 1. The average molecular weight is 232 g/mol. The molecule has 0 saturated heterocycles. The third kappa shape index (κ3) is 2.58. The molecule has 2 nitrogen and oxygen atoms in total. The normalized spacial score (nSPS) is 20.8. The summed E-state index contributed by atoms with van der Waals surface area (Å²) >= 11 is 0. The standard InChI is InChI=1S/C15H20O2/c1-15(10-6-3-7-11-15)14(17)13(16)12-8-4-2-5-9-12/h2,4-5,8-9,13,16H,3,6-7,10-11H2,1H3. The van der Waals surface area contributed by atoms with Crippen molar-refractivity contribution in [1.29, 1.82) is 0 Å². The third-order valence-corrected chi connectivity index (χ3v) is 3.92. The molecule has 1 aromatic rings. The van der Waals surface area contributed by atoms with Gasteiger partial charge in [-0.25, -0.2) is 0 Å². The van der Waals surface area contributed by atoms with Gasteiger partial charge in [-0.15, -0.1) is 0 Å². The van der Waals surface area contributed by atoms with E-state index < -0.39 is 6.10 Å². The smallest absolute Gasteiger partial charge is 0.171 e. The van der Waals surface area contributed by atoms with E-state index in [1.807, 2.05) is 37.3 Å². The molecule has 17 heavy (non-hydrogen) atoms. The van der Waals surface area contributed by atoms with Crippen molar-refractivity contribution in [3.8, 4) is 0 Å². The van der Waals surface area contributed by atoms with Gasteiger partial charge in [0.2, 0.25) is 0 Å². The Morgan fingerprint density at radius 2 is 1.76 bits per heavy atom. The minimum Gasteiger partial charge on any atom is -0.381 e. The van der Waals surface area contributed by atoms with Crippen LogP contribution < -0.4 is 0 Å². The van der Waals surface area contributed by atoms with Crippen LogP contribution in [0.15, 0.2) is 30.3 Å². The van der Waals surface area contributed by atoms with Crippen LogP contribution in [0.5, 0.6) is 0 Å². The summed E-state index contributed by atoms with van der Waals surface area (Å²) in [4.78, 5) is 12.4. The average Bonchev–Trinajstić information content (AvgIpc) is 2.39. The zero-order chi connectivity index (χ0) is 12.3. The monoisotopic (exact) mass is 232 g/mol. The summed E-state index contributed by atoms with van der Waals surface area (Å²) in [7, 11) is 0. The Morgan fingerprint density at radius 3 is 2.35 bits per heavy atom. The maximum absolute atomic E-state index is 12.4. The maximum Gasteiger partial charge on any atom is 0.171 e. The number of benzene rings is 1. The van der Waals surface area contributed by atoms with Gasteiger partial charge in [0.1, 0.15) is 6.10 Å². The zero-order valence-electron chi connectivity index (χ0n) is 10.4. The fourth-order valence-corrected chi connectivity index (χ4v) is 2.70. The molecule has 0 aromatic heterocycles. The Balaban J connectivity index is 2.14. The first-order valence-electron chi connectivity index (χ1n) is 6.41. The summed E-state index contributed by atoms with van der Waals surface area (Å²) in [5.41, 5.74) is 0.386. The molecule has 1 aliphatic rings. The van der Waals surface area contributed by atoms with Crippen molar-refractivity contribution in [2.24, 2.45) is 5.41 Å². The van der Waals surface area contributed by atoms with E-state index in [9.17, 15) is 9.90 Å². The lowest BCUT2D eigenvalue weighted by Crippen LogP contribution is -2.34. The van der Waals surface area contributed by atoms with Crippen molar-refractivity contribution in [3.63, 3.8) is 0 Å². The zero-order valence-corrected chi connectivity index (χ0v) is 10.4. The van der Waals surface area contributed by atoms with Crippen LogP contribution >= 0.6 is 0 Å². The first-order valence-corrected chi connectivity index (χ1v) is 6.41. The van der Waals surface area contributed by atoms with Crippen molar-refractivity contribution in [2.45, 2.75) is 45.1 Å².